The van der Waals surface area contributed by atoms with Gasteiger partial charge in [-0.25, -0.2) is 0 Å². The fraction of sp³-hybridized carbons (Fsp3) is 0.421. The molecule has 23 heavy (non-hydrogen) atoms. The van der Waals surface area contributed by atoms with Crippen LogP contribution < -0.4 is 5.32 Å². The molecule has 2 heterocycles. The second-order valence-corrected chi connectivity index (χ2v) is 7.30. The van der Waals surface area contributed by atoms with Crippen molar-refractivity contribution in [2.75, 3.05) is 19.6 Å². The van der Waals surface area contributed by atoms with Crippen molar-refractivity contribution in [3.8, 4) is 6.07 Å². The van der Waals surface area contributed by atoms with Crippen LogP contribution in [0, 0.1) is 17.2 Å². The Balaban J connectivity index is 1.43. The van der Waals surface area contributed by atoms with Gasteiger partial charge in [0.1, 0.15) is 0 Å². The van der Waals surface area contributed by atoms with E-state index in [0.29, 0.717) is 0 Å². The molecule has 1 unspecified atom stereocenters. The SMILES string of the molecule is N#Cc1cccc(CNCC2CCCN(Cc3cccs3)C2)c1. The zero-order valence-electron chi connectivity index (χ0n) is 13.4. The summed E-state index contributed by atoms with van der Waals surface area (Å²) in [5, 5.41) is 14.7. The monoisotopic (exact) mass is 325 g/mol. The first-order valence-corrected chi connectivity index (χ1v) is 9.16. The first-order chi connectivity index (χ1) is 11.3. The van der Waals surface area contributed by atoms with Crippen LogP contribution in [0.15, 0.2) is 41.8 Å². The van der Waals surface area contributed by atoms with Gasteiger partial charge < -0.3 is 5.32 Å². The second kappa shape index (κ2) is 8.26. The lowest BCUT2D eigenvalue weighted by molar-refractivity contribution is 0.166. The van der Waals surface area contributed by atoms with Crippen molar-refractivity contribution in [2.45, 2.75) is 25.9 Å². The molecule has 0 radical (unpaired) electrons. The highest BCUT2D eigenvalue weighted by Gasteiger charge is 2.19. The smallest absolute Gasteiger partial charge is 0.0991 e. The molecule has 1 aliphatic heterocycles. The Morgan fingerprint density at radius 1 is 1.30 bits per heavy atom. The van der Waals surface area contributed by atoms with E-state index < -0.39 is 0 Å². The molecule has 0 aliphatic carbocycles. The minimum Gasteiger partial charge on any atom is -0.312 e. The summed E-state index contributed by atoms with van der Waals surface area (Å²) in [5.74, 6) is 0.725. The summed E-state index contributed by atoms with van der Waals surface area (Å²) in [5.41, 5.74) is 1.93. The van der Waals surface area contributed by atoms with E-state index in [9.17, 15) is 0 Å². The minimum atomic E-state index is 0.725. The molecular formula is C19H23N3S. The molecule has 3 rings (SSSR count). The number of thiophene rings is 1. The van der Waals surface area contributed by atoms with E-state index in [-0.39, 0.29) is 0 Å². The van der Waals surface area contributed by atoms with E-state index in [1.807, 2.05) is 29.5 Å². The van der Waals surface area contributed by atoms with Crippen LogP contribution in [0.25, 0.3) is 0 Å². The number of nitriles is 1. The Bertz CT molecular complexity index is 645. The van der Waals surface area contributed by atoms with E-state index in [4.69, 9.17) is 5.26 Å². The van der Waals surface area contributed by atoms with Gasteiger partial charge in [0.15, 0.2) is 0 Å². The molecular weight excluding hydrogens is 302 g/mol. The third kappa shape index (κ3) is 4.90. The third-order valence-electron chi connectivity index (χ3n) is 4.38. The van der Waals surface area contributed by atoms with Gasteiger partial charge >= 0.3 is 0 Å². The standard InChI is InChI=1S/C19H23N3S/c20-11-16-4-1-5-17(10-16)12-21-13-18-6-2-8-22(14-18)15-19-7-3-9-23-19/h1,3-5,7,9-10,18,21H,2,6,8,12-15H2. The molecule has 0 bridgehead atoms. The Morgan fingerprint density at radius 3 is 3.09 bits per heavy atom. The number of hydrogen-bond donors (Lipinski definition) is 1. The van der Waals surface area contributed by atoms with E-state index in [0.717, 1.165) is 31.1 Å². The summed E-state index contributed by atoms with van der Waals surface area (Å²) in [6.07, 6.45) is 2.60. The third-order valence-corrected chi connectivity index (χ3v) is 5.24. The quantitative estimate of drug-likeness (QED) is 0.881. The molecule has 1 aromatic carbocycles. The molecule has 0 amide bonds. The van der Waals surface area contributed by atoms with Gasteiger partial charge in [-0.15, -0.1) is 11.3 Å². The predicted octanol–water partition coefficient (Wildman–Crippen LogP) is 3.62. The van der Waals surface area contributed by atoms with Crippen LogP contribution in [0.5, 0.6) is 0 Å². The number of rotatable bonds is 6. The molecule has 2 aromatic rings. The predicted molar refractivity (Wildman–Crippen MR) is 95.2 cm³/mol. The number of benzene rings is 1. The largest absolute Gasteiger partial charge is 0.312 e. The summed E-state index contributed by atoms with van der Waals surface area (Å²) in [4.78, 5) is 4.05. The zero-order chi connectivity index (χ0) is 15.9. The summed E-state index contributed by atoms with van der Waals surface area (Å²) in [6.45, 7) is 5.40. The van der Waals surface area contributed by atoms with Crippen LogP contribution in [-0.2, 0) is 13.1 Å². The Hall–Kier alpha value is -1.67. The van der Waals surface area contributed by atoms with E-state index in [1.54, 1.807) is 0 Å². The van der Waals surface area contributed by atoms with Crippen LogP contribution in [-0.4, -0.2) is 24.5 Å². The molecule has 1 N–H and O–H groups in total. The normalized spacial score (nSPS) is 18.7. The van der Waals surface area contributed by atoms with Crippen molar-refractivity contribution < 1.29 is 0 Å². The highest BCUT2D eigenvalue weighted by Crippen LogP contribution is 2.20. The molecule has 4 heteroatoms. The number of likely N-dealkylation sites (tertiary alicyclic amines) is 1. The Morgan fingerprint density at radius 2 is 2.26 bits per heavy atom. The maximum atomic E-state index is 8.95. The Labute approximate surface area is 142 Å². The first kappa shape index (κ1) is 16.2. The highest BCUT2D eigenvalue weighted by atomic mass is 32.1. The summed E-state index contributed by atoms with van der Waals surface area (Å²) >= 11 is 1.85. The molecule has 3 nitrogen and oxygen atoms in total. The van der Waals surface area contributed by atoms with Crippen molar-refractivity contribution in [1.29, 1.82) is 5.26 Å². The van der Waals surface area contributed by atoms with Gasteiger partial charge in [0.2, 0.25) is 0 Å². The van der Waals surface area contributed by atoms with E-state index in [1.165, 1.54) is 36.4 Å². The Kier molecular flexibility index (Phi) is 5.82. The fourth-order valence-corrected chi connectivity index (χ4v) is 4.00. The molecule has 1 fully saturated rings. The number of nitrogens with zero attached hydrogens (tertiary/aromatic N) is 2. The van der Waals surface area contributed by atoms with Gasteiger partial charge in [0.05, 0.1) is 11.6 Å². The molecule has 1 aliphatic rings. The van der Waals surface area contributed by atoms with Gasteiger partial charge in [-0.05, 0) is 61.0 Å². The molecule has 1 atom stereocenters. The fourth-order valence-electron chi connectivity index (χ4n) is 3.26. The van der Waals surface area contributed by atoms with Gasteiger partial charge in [0.25, 0.3) is 0 Å². The van der Waals surface area contributed by atoms with Crippen molar-refractivity contribution in [3.63, 3.8) is 0 Å². The number of piperidine rings is 1. The van der Waals surface area contributed by atoms with Crippen LogP contribution in [0.3, 0.4) is 0 Å². The number of hydrogen-bond acceptors (Lipinski definition) is 4. The maximum Gasteiger partial charge on any atom is 0.0991 e. The van der Waals surface area contributed by atoms with Crippen molar-refractivity contribution in [2.24, 2.45) is 5.92 Å². The van der Waals surface area contributed by atoms with E-state index in [2.05, 4.69) is 39.9 Å². The molecule has 120 valence electrons. The molecule has 0 spiro atoms. The lowest BCUT2D eigenvalue weighted by Gasteiger charge is -2.32. The zero-order valence-corrected chi connectivity index (χ0v) is 14.2. The van der Waals surface area contributed by atoms with Crippen molar-refractivity contribution in [1.82, 2.24) is 10.2 Å². The summed E-state index contributed by atoms with van der Waals surface area (Å²) in [7, 11) is 0. The molecule has 1 aromatic heterocycles. The average Bonchev–Trinajstić information content (AvgIpc) is 3.08. The van der Waals surface area contributed by atoms with Crippen LogP contribution in [0.1, 0.15) is 28.8 Å². The van der Waals surface area contributed by atoms with Gasteiger partial charge in [-0.3, -0.25) is 4.90 Å². The maximum absolute atomic E-state index is 8.95. The lowest BCUT2D eigenvalue weighted by Crippen LogP contribution is -2.38. The van der Waals surface area contributed by atoms with Gasteiger partial charge in [-0.1, -0.05) is 18.2 Å². The lowest BCUT2D eigenvalue weighted by atomic mass is 9.98. The summed E-state index contributed by atoms with van der Waals surface area (Å²) in [6, 6.07) is 14.4. The first-order valence-electron chi connectivity index (χ1n) is 8.28. The van der Waals surface area contributed by atoms with Gasteiger partial charge in [0, 0.05) is 24.5 Å². The molecule has 1 saturated heterocycles. The van der Waals surface area contributed by atoms with Crippen LogP contribution in [0.4, 0.5) is 0 Å². The van der Waals surface area contributed by atoms with Crippen LogP contribution in [0.2, 0.25) is 0 Å². The topological polar surface area (TPSA) is 39.1 Å². The van der Waals surface area contributed by atoms with Gasteiger partial charge in [-0.2, -0.15) is 5.26 Å². The second-order valence-electron chi connectivity index (χ2n) is 6.27. The summed E-state index contributed by atoms with van der Waals surface area (Å²) < 4.78 is 0. The van der Waals surface area contributed by atoms with Crippen LogP contribution >= 0.6 is 11.3 Å². The number of nitrogens with one attached hydrogen (secondary N) is 1. The average molecular weight is 325 g/mol. The minimum absolute atomic E-state index is 0.725. The van der Waals surface area contributed by atoms with E-state index >= 15 is 0 Å². The van der Waals surface area contributed by atoms with Crippen molar-refractivity contribution in [3.05, 3.63) is 57.8 Å². The highest BCUT2D eigenvalue weighted by molar-refractivity contribution is 7.09. The van der Waals surface area contributed by atoms with Crippen molar-refractivity contribution >= 4 is 11.3 Å². The molecule has 0 saturated carbocycles.